The normalized spacial score (nSPS) is 17.4. The van der Waals surface area contributed by atoms with Crippen LogP contribution < -0.4 is 10.6 Å². The molecule has 5 nitrogen and oxygen atoms in total. The number of piperidine rings is 1. The SMILES string of the molecule is N#Cc1ccc(Cn2c(N3CCCC(N)C3)nc3cc(Cl)ccc32)cc1. The summed E-state index contributed by atoms with van der Waals surface area (Å²) >= 11 is 6.17. The molecule has 1 saturated heterocycles. The van der Waals surface area contributed by atoms with Gasteiger partial charge in [-0.3, -0.25) is 0 Å². The Morgan fingerprint density at radius 3 is 2.77 bits per heavy atom. The molecule has 4 rings (SSSR count). The molecule has 6 heteroatoms. The van der Waals surface area contributed by atoms with Crippen molar-refractivity contribution < 1.29 is 0 Å². The standard InChI is InChI=1S/C20H20ClN5/c21-16-7-8-19-18(10-16)24-20(25-9-1-2-17(23)13-25)26(19)12-15-5-3-14(11-22)4-6-15/h3-8,10,17H,1-2,9,12-13,23H2. The molecule has 0 bridgehead atoms. The molecule has 0 amide bonds. The number of benzene rings is 2. The number of hydrogen-bond acceptors (Lipinski definition) is 4. The highest BCUT2D eigenvalue weighted by Gasteiger charge is 2.22. The summed E-state index contributed by atoms with van der Waals surface area (Å²) in [5, 5.41) is 9.68. The molecule has 3 aromatic rings. The van der Waals surface area contributed by atoms with Crippen molar-refractivity contribution in [2.75, 3.05) is 18.0 Å². The summed E-state index contributed by atoms with van der Waals surface area (Å²) in [6, 6.07) is 15.8. The lowest BCUT2D eigenvalue weighted by atomic mass is 10.1. The zero-order valence-corrected chi connectivity index (χ0v) is 15.2. The van der Waals surface area contributed by atoms with Gasteiger partial charge in [-0.25, -0.2) is 4.98 Å². The largest absolute Gasteiger partial charge is 0.341 e. The van der Waals surface area contributed by atoms with E-state index in [9.17, 15) is 0 Å². The monoisotopic (exact) mass is 365 g/mol. The number of hydrogen-bond donors (Lipinski definition) is 1. The number of halogens is 1. The molecule has 1 aliphatic rings. The van der Waals surface area contributed by atoms with Gasteiger partial charge in [-0.2, -0.15) is 5.26 Å². The zero-order chi connectivity index (χ0) is 18.1. The van der Waals surface area contributed by atoms with Gasteiger partial charge >= 0.3 is 0 Å². The Morgan fingerprint density at radius 1 is 1.23 bits per heavy atom. The van der Waals surface area contributed by atoms with Gasteiger partial charge in [0, 0.05) is 24.2 Å². The number of nitrogens with zero attached hydrogens (tertiary/aromatic N) is 4. The maximum atomic E-state index is 9.00. The third-order valence-corrected chi connectivity index (χ3v) is 5.09. The van der Waals surface area contributed by atoms with Gasteiger partial charge in [0.25, 0.3) is 0 Å². The summed E-state index contributed by atoms with van der Waals surface area (Å²) < 4.78 is 2.21. The second kappa shape index (κ2) is 6.99. The summed E-state index contributed by atoms with van der Waals surface area (Å²) in [6.07, 6.45) is 2.13. The van der Waals surface area contributed by atoms with E-state index in [2.05, 4.69) is 15.5 Å². The molecule has 26 heavy (non-hydrogen) atoms. The van der Waals surface area contributed by atoms with Crippen molar-refractivity contribution in [3.05, 3.63) is 58.6 Å². The highest BCUT2D eigenvalue weighted by molar-refractivity contribution is 6.31. The fraction of sp³-hybridized carbons (Fsp3) is 0.300. The van der Waals surface area contributed by atoms with Crippen LogP contribution in [0.5, 0.6) is 0 Å². The van der Waals surface area contributed by atoms with Crippen molar-refractivity contribution in [3.63, 3.8) is 0 Å². The summed E-state index contributed by atoms with van der Waals surface area (Å²) in [7, 11) is 0. The average molecular weight is 366 g/mol. The number of fused-ring (bicyclic) bond motifs is 1. The van der Waals surface area contributed by atoms with Gasteiger partial charge < -0.3 is 15.2 Å². The molecule has 2 N–H and O–H groups in total. The van der Waals surface area contributed by atoms with Crippen molar-refractivity contribution in [2.45, 2.75) is 25.4 Å². The molecule has 0 saturated carbocycles. The Bertz CT molecular complexity index is 970. The lowest BCUT2D eigenvalue weighted by Gasteiger charge is -2.32. The Hall–Kier alpha value is -2.55. The van der Waals surface area contributed by atoms with Crippen LogP contribution in [0.25, 0.3) is 11.0 Å². The average Bonchev–Trinajstić information content (AvgIpc) is 3.00. The van der Waals surface area contributed by atoms with Crippen LogP contribution in [0.1, 0.15) is 24.0 Å². The van der Waals surface area contributed by atoms with Gasteiger partial charge in [0.2, 0.25) is 5.95 Å². The van der Waals surface area contributed by atoms with Crippen LogP contribution in [0.15, 0.2) is 42.5 Å². The van der Waals surface area contributed by atoms with Crippen molar-refractivity contribution in [2.24, 2.45) is 5.73 Å². The van der Waals surface area contributed by atoms with Crippen molar-refractivity contribution in [1.29, 1.82) is 5.26 Å². The zero-order valence-electron chi connectivity index (χ0n) is 14.4. The van der Waals surface area contributed by atoms with Crippen LogP contribution in [0.3, 0.4) is 0 Å². The second-order valence-electron chi connectivity index (χ2n) is 6.79. The minimum absolute atomic E-state index is 0.176. The molecule has 0 spiro atoms. The maximum absolute atomic E-state index is 9.00. The number of nitriles is 1. The van der Waals surface area contributed by atoms with Crippen LogP contribution in [0, 0.1) is 11.3 Å². The van der Waals surface area contributed by atoms with Gasteiger partial charge in [-0.1, -0.05) is 23.7 Å². The molecule has 132 valence electrons. The van der Waals surface area contributed by atoms with Crippen molar-refractivity contribution >= 4 is 28.6 Å². The van der Waals surface area contributed by atoms with E-state index in [1.807, 2.05) is 42.5 Å². The molecular weight excluding hydrogens is 346 g/mol. The van der Waals surface area contributed by atoms with Crippen molar-refractivity contribution in [1.82, 2.24) is 9.55 Å². The van der Waals surface area contributed by atoms with E-state index < -0.39 is 0 Å². The summed E-state index contributed by atoms with van der Waals surface area (Å²) in [6.45, 7) is 2.45. The van der Waals surface area contributed by atoms with Crippen molar-refractivity contribution in [3.8, 4) is 6.07 Å². The highest BCUT2D eigenvalue weighted by atomic mass is 35.5. The number of anilines is 1. The fourth-order valence-electron chi connectivity index (χ4n) is 3.55. The number of rotatable bonds is 3. The van der Waals surface area contributed by atoms with E-state index in [-0.39, 0.29) is 6.04 Å². The molecule has 1 aromatic heterocycles. The summed E-state index contributed by atoms with van der Waals surface area (Å²) in [4.78, 5) is 7.13. The lowest BCUT2D eigenvalue weighted by Crippen LogP contribution is -2.44. The Labute approximate surface area is 157 Å². The predicted molar refractivity (Wildman–Crippen MR) is 104 cm³/mol. The van der Waals surface area contributed by atoms with Crippen LogP contribution in [0.2, 0.25) is 5.02 Å². The van der Waals surface area contributed by atoms with E-state index >= 15 is 0 Å². The van der Waals surface area contributed by atoms with Gasteiger partial charge in [0.1, 0.15) is 0 Å². The lowest BCUT2D eigenvalue weighted by molar-refractivity contribution is 0.495. The summed E-state index contributed by atoms with van der Waals surface area (Å²) in [5.74, 6) is 0.932. The maximum Gasteiger partial charge on any atom is 0.206 e. The van der Waals surface area contributed by atoms with Gasteiger partial charge in [-0.05, 0) is 48.7 Å². The highest BCUT2D eigenvalue weighted by Crippen LogP contribution is 2.28. The van der Waals surface area contributed by atoms with Crippen LogP contribution in [0.4, 0.5) is 5.95 Å². The fourth-order valence-corrected chi connectivity index (χ4v) is 3.71. The molecule has 1 atom stereocenters. The molecule has 0 aliphatic carbocycles. The van der Waals surface area contributed by atoms with E-state index in [0.717, 1.165) is 48.5 Å². The van der Waals surface area contributed by atoms with E-state index in [1.165, 1.54) is 0 Å². The Kier molecular flexibility index (Phi) is 4.54. The first kappa shape index (κ1) is 16.9. The van der Waals surface area contributed by atoms with Gasteiger partial charge in [-0.15, -0.1) is 0 Å². The number of aromatic nitrogens is 2. The van der Waals surface area contributed by atoms with Gasteiger partial charge in [0.15, 0.2) is 0 Å². The number of nitrogens with two attached hydrogens (primary N) is 1. The van der Waals surface area contributed by atoms with E-state index in [4.69, 9.17) is 27.6 Å². The Morgan fingerprint density at radius 2 is 2.04 bits per heavy atom. The smallest absolute Gasteiger partial charge is 0.206 e. The first-order valence-electron chi connectivity index (χ1n) is 8.79. The topological polar surface area (TPSA) is 70.9 Å². The Balaban J connectivity index is 1.77. The first-order chi connectivity index (χ1) is 12.6. The predicted octanol–water partition coefficient (Wildman–Crippen LogP) is 3.54. The van der Waals surface area contributed by atoms with Crippen LogP contribution in [-0.4, -0.2) is 28.7 Å². The van der Waals surface area contributed by atoms with Crippen LogP contribution >= 0.6 is 11.6 Å². The molecule has 2 aromatic carbocycles. The van der Waals surface area contributed by atoms with E-state index in [1.54, 1.807) is 0 Å². The second-order valence-corrected chi connectivity index (χ2v) is 7.22. The third kappa shape index (κ3) is 3.26. The summed E-state index contributed by atoms with van der Waals surface area (Å²) in [5.41, 5.74) is 9.91. The number of imidazole rings is 1. The van der Waals surface area contributed by atoms with E-state index in [0.29, 0.717) is 17.1 Å². The molecule has 1 unspecified atom stereocenters. The molecule has 0 radical (unpaired) electrons. The molecular formula is C20H20ClN5. The molecule has 1 fully saturated rings. The first-order valence-corrected chi connectivity index (χ1v) is 9.17. The molecule has 2 heterocycles. The third-order valence-electron chi connectivity index (χ3n) is 4.85. The minimum atomic E-state index is 0.176. The minimum Gasteiger partial charge on any atom is -0.341 e. The molecule has 1 aliphatic heterocycles. The van der Waals surface area contributed by atoms with Crippen LogP contribution in [-0.2, 0) is 6.54 Å². The van der Waals surface area contributed by atoms with Gasteiger partial charge in [0.05, 0.1) is 29.2 Å². The quantitative estimate of drug-likeness (QED) is 0.770.